The third-order valence-electron chi connectivity index (χ3n) is 3.10. The molecule has 0 fully saturated rings. The highest BCUT2D eigenvalue weighted by molar-refractivity contribution is 9.09. The molecule has 94 valence electrons. The summed E-state index contributed by atoms with van der Waals surface area (Å²) in [6, 6.07) is 8.35. The molecule has 1 unspecified atom stereocenters. The number of hydrogen-bond donors (Lipinski definition) is 0. The summed E-state index contributed by atoms with van der Waals surface area (Å²) in [7, 11) is 0. The van der Waals surface area contributed by atoms with E-state index in [4.69, 9.17) is 16.3 Å². The quantitative estimate of drug-likeness (QED) is 0.680. The molecule has 18 heavy (non-hydrogen) atoms. The van der Waals surface area contributed by atoms with Crippen molar-refractivity contribution >= 4 is 38.9 Å². The van der Waals surface area contributed by atoms with E-state index in [1.807, 2.05) is 11.4 Å². The molecule has 1 aliphatic rings. The topological polar surface area (TPSA) is 9.23 Å². The molecule has 1 aliphatic heterocycles. The van der Waals surface area contributed by atoms with E-state index in [1.54, 1.807) is 11.3 Å². The Balaban J connectivity index is 1.95. The highest BCUT2D eigenvalue weighted by Crippen LogP contribution is 2.40. The molecule has 0 bridgehead atoms. The Morgan fingerprint density at radius 3 is 3.00 bits per heavy atom. The van der Waals surface area contributed by atoms with Crippen LogP contribution in [0.4, 0.5) is 0 Å². The summed E-state index contributed by atoms with van der Waals surface area (Å²) in [6.45, 7) is 0.834. The van der Waals surface area contributed by atoms with Crippen molar-refractivity contribution in [1.29, 1.82) is 0 Å². The standard InChI is InChI=1S/C14H12BrClOS/c15-13(14-11(16)5-7-18-14)10-3-4-12-9(8-10)2-1-6-17-12/h3-5,7-8,13H,1-2,6H2. The van der Waals surface area contributed by atoms with E-state index in [1.165, 1.54) is 11.1 Å². The van der Waals surface area contributed by atoms with Crippen molar-refractivity contribution in [2.45, 2.75) is 17.7 Å². The van der Waals surface area contributed by atoms with Gasteiger partial charge in [-0.25, -0.2) is 0 Å². The zero-order valence-electron chi connectivity index (χ0n) is 9.66. The van der Waals surface area contributed by atoms with Gasteiger partial charge in [-0.2, -0.15) is 0 Å². The Bertz CT molecular complexity index is 567. The first-order chi connectivity index (χ1) is 8.75. The molecular weight excluding hydrogens is 332 g/mol. The lowest BCUT2D eigenvalue weighted by Crippen LogP contribution is -2.08. The third-order valence-corrected chi connectivity index (χ3v) is 5.81. The zero-order chi connectivity index (χ0) is 12.5. The maximum atomic E-state index is 6.18. The van der Waals surface area contributed by atoms with Crippen LogP contribution < -0.4 is 4.74 Å². The number of hydrogen-bond acceptors (Lipinski definition) is 2. The zero-order valence-corrected chi connectivity index (χ0v) is 12.8. The van der Waals surface area contributed by atoms with Crippen molar-refractivity contribution in [1.82, 2.24) is 0 Å². The molecule has 1 aromatic carbocycles. The van der Waals surface area contributed by atoms with Crippen LogP contribution in [0.3, 0.4) is 0 Å². The third kappa shape index (κ3) is 2.31. The maximum Gasteiger partial charge on any atom is 0.122 e. The summed E-state index contributed by atoms with van der Waals surface area (Å²) in [4.78, 5) is 1.32. The van der Waals surface area contributed by atoms with Gasteiger partial charge < -0.3 is 4.74 Å². The number of fused-ring (bicyclic) bond motifs is 1. The predicted molar refractivity (Wildman–Crippen MR) is 80.4 cm³/mol. The van der Waals surface area contributed by atoms with Crippen LogP contribution in [0.25, 0.3) is 0 Å². The molecule has 3 rings (SSSR count). The molecule has 1 atom stereocenters. The fourth-order valence-corrected chi connectivity index (χ4v) is 4.33. The molecule has 0 spiro atoms. The van der Waals surface area contributed by atoms with E-state index in [9.17, 15) is 0 Å². The summed E-state index contributed by atoms with van der Waals surface area (Å²) < 4.78 is 5.63. The number of ether oxygens (including phenoxy) is 1. The molecule has 2 aromatic rings. The average Bonchev–Trinajstić information content (AvgIpc) is 2.83. The first kappa shape index (κ1) is 12.5. The number of rotatable bonds is 2. The smallest absolute Gasteiger partial charge is 0.122 e. The molecule has 0 saturated heterocycles. The highest BCUT2D eigenvalue weighted by Gasteiger charge is 2.18. The monoisotopic (exact) mass is 342 g/mol. The Morgan fingerprint density at radius 2 is 2.22 bits per heavy atom. The van der Waals surface area contributed by atoms with Crippen molar-refractivity contribution in [3.8, 4) is 5.75 Å². The van der Waals surface area contributed by atoms with Gasteiger partial charge in [0.05, 0.1) is 16.5 Å². The van der Waals surface area contributed by atoms with Gasteiger partial charge in [-0.1, -0.05) is 39.7 Å². The van der Waals surface area contributed by atoms with Crippen molar-refractivity contribution in [3.05, 3.63) is 50.7 Å². The van der Waals surface area contributed by atoms with E-state index in [0.29, 0.717) is 0 Å². The van der Waals surface area contributed by atoms with Crippen LogP contribution in [0.5, 0.6) is 5.75 Å². The lowest BCUT2D eigenvalue weighted by molar-refractivity contribution is 0.288. The van der Waals surface area contributed by atoms with Gasteiger partial charge in [-0.05, 0) is 41.5 Å². The van der Waals surface area contributed by atoms with Crippen molar-refractivity contribution in [2.24, 2.45) is 0 Å². The first-order valence-corrected chi connectivity index (χ1v) is 8.05. The van der Waals surface area contributed by atoms with E-state index in [-0.39, 0.29) is 4.83 Å². The van der Waals surface area contributed by atoms with Gasteiger partial charge in [0, 0.05) is 4.88 Å². The minimum atomic E-state index is 0.164. The SMILES string of the molecule is Clc1ccsc1C(Br)c1ccc2c(c1)CCCO2. The summed E-state index contributed by atoms with van der Waals surface area (Å²) >= 11 is 11.6. The number of benzene rings is 1. The lowest BCUT2D eigenvalue weighted by atomic mass is 10.0. The summed E-state index contributed by atoms with van der Waals surface area (Å²) in [5, 5.41) is 2.85. The van der Waals surface area contributed by atoms with E-state index in [0.717, 1.165) is 35.1 Å². The van der Waals surface area contributed by atoms with E-state index >= 15 is 0 Å². The Hall–Kier alpha value is -0.510. The number of thiophene rings is 1. The minimum Gasteiger partial charge on any atom is -0.493 e. The lowest BCUT2D eigenvalue weighted by Gasteiger charge is -2.19. The molecule has 0 amide bonds. The van der Waals surface area contributed by atoms with Crippen LogP contribution in [0.2, 0.25) is 5.02 Å². The molecule has 2 heterocycles. The van der Waals surface area contributed by atoms with E-state index < -0.39 is 0 Å². The fourth-order valence-electron chi connectivity index (χ4n) is 2.18. The Kier molecular flexibility index (Phi) is 3.64. The summed E-state index contributed by atoms with van der Waals surface area (Å²) in [6.07, 6.45) is 2.20. The molecule has 0 aliphatic carbocycles. The summed E-state index contributed by atoms with van der Waals surface area (Å²) in [5.41, 5.74) is 2.54. The fraction of sp³-hybridized carbons (Fsp3) is 0.286. The van der Waals surface area contributed by atoms with Gasteiger partial charge >= 0.3 is 0 Å². The van der Waals surface area contributed by atoms with Gasteiger partial charge in [0.25, 0.3) is 0 Å². The van der Waals surface area contributed by atoms with Crippen molar-refractivity contribution in [3.63, 3.8) is 0 Å². The van der Waals surface area contributed by atoms with Crippen LogP contribution in [0, 0.1) is 0 Å². The van der Waals surface area contributed by atoms with Gasteiger partial charge in [0.15, 0.2) is 0 Å². The van der Waals surface area contributed by atoms with Crippen LogP contribution in [0.15, 0.2) is 29.6 Å². The van der Waals surface area contributed by atoms with Gasteiger partial charge in [0.2, 0.25) is 0 Å². The number of alkyl halides is 1. The van der Waals surface area contributed by atoms with Crippen LogP contribution in [-0.2, 0) is 6.42 Å². The second kappa shape index (κ2) is 5.24. The number of halogens is 2. The Labute approximate surface area is 124 Å². The maximum absolute atomic E-state index is 6.18. The summed E-state index contributed by atoms with van der Waals surface area (Å²) in [5.74, 6) is 1.03. The molecular formula is C14H12BrClOS. The molecule has 1 nitrogen and oxygen atoms in total. The van der Waals surface area contributed by atoms with Gasteiger partial charge in [-0.15, -0.1) is 11.3 Å². The van der Waals surface area contributed by atoms with Crippen LogP contribution in [0.1, 0.15) is 27.3 Å². The minimum absolute atomic E-state index is 0.164. The first-order valence-electron chi connectivity index (χ1n) is 5.88. The molecule has 4 heteroatoms. The van der Waals surface area contributed by atoms with Crippen molar-refractivity contribution in [2.75, 3.05) is 6.61 Å². The highest BCUT2D eigenvalue weighted by atomic mass is 79.9. The second-order valence-electron chi connectivity index (χ2n) is 4.31. The molecule has 0 saturated carbocycles. The molecule has 1 aromatic heterocycles. The van der Waals surface area contributed by atoms with Crippen LogP contribution in [-0.4, -0.2) is 6.61 Å². The largest absolute Gasteiger partial charge is 0.493 e. The van der Waals surface area contributed by atoms with Crippen LogP contribution >= 0.6 is 38.9 Å². The second-order valence-corrected chi connectivity index (χ2v) is 6.59. The molecule has 0 N–H and O–H groups in total. The van der Waals surface area contributed by atoms with Gasteiger partial charge in [-0.3, -0.25) is 0 Å². The average molecular weight is 344 g/mol. The molecule has 0 radical (unpaired) electrons. The number of aryl methyl sites for hydroxylation is 1. The predicted octanol–water partition coefficient (Wildman–Crippen LogP) is 5.21. The normalized spacial score (nSPS) is 15.9. The van der Waals surface area contributed by atoms with E-state index in [2.05, 4.69) is 34.1 Å². The Morgan fingerprint density at radius 1 is 1.33 bits per heavy atom. The van der Waals surface area contributed by atoms with Gasteiger partial charge in [0.1, 0.15) is 5.75 Å². The van der Waals surface area contributed by atoms with Crippen molar-refractivity contribution < 1.29 is 4.74 Å².